The monoisotopic (exact) mass is 254 g/mol. The predicted molar refractivity (Wildman–Crippen MR) is 64.9 cm³/mol. The van der Waals surface area contributed by atoms with Crippen molar-refractivity contribution >= 4 is 17.6 Å². The highest BCUT2D eigenvalue weighted by Crippen LogP contribution is 2.41. The van der Waals surface area contributed by atoms with Gasteiger partial charge in [0.05, 0.1) is 11.5 Å². The van der Waals surface area contributed by atoms with E-state index in [0.717, 1.165) is 0 Å². The third-order valence-corrected chi connectivity index (χ3v) is 3.87. The molecule has 0 atom stereocenters. The van der Waals surface area contributed by atoms with Crippen LogP contribution in [-0.2, 0) is 10.4 Å². The lowest BCUT2D eigenvalue weighted by molar-refractivity contribution is -0.145. The number of carboxylic acid groups (broad SMARTS) is 1. The minimum absolute atomic E-state index is 0.335. The number of aliphatic hydroxyl groups is 1. The SMILES string of the molecule is O=C(O)C1CCC(O)(c2ccccc2Cl)CC1. The first-order valence-electron chi connectivity index (χ1n) is 5.73. The van der Waals surface area contributed by atoms with Crippen LogP contribution in [0.3, 0.4) is 0 Å². The lowest BCUT2D eigenvalue weighted by Crippen LogP contribution is -2.34. The van der Waals surface area contributed by atoms with Crippen molar-refractivity contribution in [1.82, 2.24) is 0 Å². The lowest BCUT2D eigenvalue weighted by atomic mass is 9.75. The number of hydrogen-bond donors (Lipinski definition) is 2. The summed E-state index contributed by atoms with van der Waals surface area (Å²) >= 11 is 6.07. The van der Waals surface area contributed by atoms with Crippen LogP contribution in [0.2, 0.25) is 5.02 Å². The van der Waals surface area contributed by atoms with Gasteiger partial charge in [0.1, 0.15) is 0 Å². The molecule has 92 valence electrons. The molecule has 2 rings (SSSR count). The van der Waals surface area contributed by atoms with Crippen molar-refractivity contribution in [3.8, 4) is 0 Å². The third-order valence-electron chi connectivity index (χ3n) is 3.54. The van der Waals surface area contributed by atoms with Gasteiger partial charge in [0.2, 0.25) is 0 Å². The quantitative estimate of drug-likeness (QED) is 0.853. The predicted octanol–water partition coefficient (Wildman–Crippen LogP) is 2.80. The summed E-state index contributed by atoms with van der Waals surface area (Å²) in [5.41, 5.74) is -0.255. The molecule has 3 nitrogen and oxygen atoms in total. The van der Waals surface area contributed by atoms with Gasteiger partial charge in [0.15, 0.2) is 0 Å². The van der Waals surface area contributed by atoms with Crippen molar-refractivity contribution in [2.45, 2.75) is 31.3 Å². The van der Waals surface area contributed by atoms with E-state index in [9.17, 15) is 9.90 Å². The molecule has 2 N–H and O–H groups in total. The fourth-order valence-electron chi connectivity index (χ4n) is 2.45. The van der Waals surface area contributed by atoms with E-state index in [0.29, 0.717) is 36.3 Å². The molecule has 0 radical (unpaired) electrons. The second kappa shape index (κ2) is 4.67. The molecule has 1 aromatic rings. The van der Waals surface area contributed by atoms with E-state index in [4.69, 9.17) is 16.7 Å². The van der Waals surface area contributed by atoms with Crippen LogP contribution in [0, 0.1) is 5.92 Å². The summed E-state index contributed by atoms with van der Waals surface area (Å²) in [4.78, 5) is 10.9. The van der Waals surface area contributed by atoms with Crippen LogP contribution in [0.25, 0.3) is 0 Å². The average molecular weight is 255 g/mol. The van der Waals surface area contributed by atoms with Crippen LogP contribution in [0.5, 0.6) is 0 Å². The smallest absolute Gasteiger partial charge is 0.306 e. The summed E-state index contributed by atoms with van der Waals surface area (Å²) in [5, 5.41) is 20.0. The van der Waals surface area contributed by atoms with Gasteiger partial charge in [-0.3, -0.25) is 4.79 Å². The van der Waals surface area contributed by atoms with E-state index >= 15 is 0 Å². The van der Waals surface area contributed by atoms with Crippen molar-refractivity contribution in [2.24, 2.45) is 5.92 Å². The van der Waals surface area contributed by atoms with Crippen LogP contribution >= 0.6 is 11.6 Å². The molecule has 17 heavy (non-hydrogen) atoms. The van der Waals surface area contributed by atoms with Gasteiger partial charge in [-0.1, -0.05) is 29.8 Å². The van der Waals surface area contributed by atoms with Crippen LogP contribution in [-0.4, -0.2) is 16.2 Å². The van der Waals surface area contributed by atoms with Gasteiger partial charge in [0, 0.05) is 10.6 Å². The molecule has 0 heterocycles. The van der Waals surface area contributed by atoms with Crippen molar-refractivity contribution in [3.05, 3.63) is 34.9 Å². The summed E-state index contributed by atoms with van der Waals surface area (Å²) in [6, 6.07) is 7.21. The Balaban J connectivity index is 2.18. The molecular formula is C13H15ClO3. The molecular weight excluding hydrogens is 240 g/mol. The van der Waals surface area contributed by atoms with Gasteiger partial charge < -0.3 is 10.2 Å². The Labute approximate surface area is 105 Å². The van der Waals surface area contributed by atoms with Crippen LogP contribution < -0.4 is 0 Å². The molecule has 1 aromatic carbocycles. The lowest BCUT2D eigenvalue weighted by Gasteiger charge is -2.35. The maximum absolute atomic E-state index is 10.9. The second-order valence-corrected chi connectivity index (χ2v) is 5.03. The number of halogens is 1. The van der Waals surface area contributed by atoms with Crippen LogP contribution in [0.15, 0.2) is 24.3 Å². The van der Waals surface area contributed by atoms with E-state index in [1.165, 1.54) is 0 Å². The second-order valence-electron chi connectivity index (χ2n) is 4.62. The number of carboxylic acids is 1. The van der Waals surface area contributed by atoms with Crippen LogP contribution in [0.1, 0.15) is 31.2 Å². The highest BCUT2D eigenvalue weighted by Gasteiger charge is 2.38. The minimum Gasteiger partial charge on any atom is -0.481 e. The fraction of sp³-hybridized carbons (Fsp3) is 0.462. The molecule has 4 heteroatoms. The average Bonchev–Trinajstić information content (AvgIpc) is 2.30. The first-order valence-corrected chi connectivity index (χ1v) is 6.11. The van der Waals surface area contributed by atoms with Crippen molar-refractivity contribution in [1.29, 1.82) is 0 Å². The van der Waals surface area contributed by atoms with E-state index in [1.807, 2.05) is 18.2 Å². The largest absolute Gasteiger partial charge is 0.481 e. The molecule has 1 aliphatic carbocycles. The molecule has 0 unspecified atom stereocenters. The van der Waals surface area contributed by atoms with Gasteiger partial charge in [0.25, 0.3) is 0 Å². The topological polar surface area (TPSA) is 57.5 Å². The molecule has 0 spiro atoms. The highest BCUT2D eigenvalue weighted by atomic mass is 35.5. The number of rotatable bonds is 2. The zero-order valence-electron chi connectivity index (χ0n) is 9.40. The van der Waals surface area contributed by atoms with Crippen LogP contribution in [0.4, 0.5) is 0 Å². The molecule has 0 saturated heterocycles. The maximum Gasteiger partial charge on any atom is 0.306 e. The molecule has 0 amide bonds. The number of carbonyl (C=O) groups is 1. The van der Waals surface area contributed by atoms with Gasteiger partial charge >= 0.3 is 5.97 Å². The molecule has 0 aliphatic heterocycles. The van der Waals surface area contributed by atoms with E-state index in [1.54, 1.807) is 6.07 Å². The van der Waals surface area contributed by atoms with E-state index in [-0.39, 0.29) is 5.92 Å². The molecule has 0 bridgehead atoms. The molecule has 0 aromatic heterocycles. The number of aliphatic carboxylic acids is 1. The molecule has 1 fully saturated rings. The summed E-state index contributed by atoms with van der Waals surface area (Å²) in [5.74, 6) is -1.11. The maximum atomic E-state index is 10.9. The summed E-state index contributed by atoms with van der Waals surface area (Å²) in [7, 11) is 0. The fourth-order valence-corrected chi connectivity index (χ4v) is 2.76. The summed E-state index contributed by atoms with van der Waals surface area (Å²) < 4.78 is 0. The third kappa shape index (κ3) is 2.45. The standard InChI is InChI=1S/C13H15ClO3/c14-11-4-2-1-3-10(11)13(17)7-5-9(6-8-13)12(15)16/h1-4,9,17H,5-8H2,(H,15,16). The first-order chi connectivity index (χ1) is 8.03. The van der Waals surface area contributed by atoms with E-state index in [2.05, 4.69) is 0 Å². The summed E-state index contributed by atoms with van der Waals surface area (Å²) in [6.07, 6.45) is 1.90. The normalized spacial score (nSPS) is 28.9. The Morgan fingerprint density at radius 2 is 1.88 bits per heavy atom. The Morgan fingerprint density at radius 1 is 1.29 bits per heavy atom. The molecule has 1 saturated carbocycles. The summed E-state index contributed by atoms with van der Waals surface area (Å²) in [6.45, 7) is 0. The first kappa shape index (κ1) is 12.4. The van der Waals surface area contributed by atoms with E-state index < -0.39 is 11.6 Å². The van der Waals surface area contributed by atoms with Crippen molar-refractivity contribution in [2.75, 3.05) is 0 Å². The Morgan fingerprint density at radius 3 is 2.41 bits per heavy atom. The van der Waals surface area contributed by atoms with Gasteiger partial charge in [-0.25, -0.2) is 0 Å². The Kier molecular flexibility index (Phi) is 3.40. The zero-order valence-corrected chi connectivity index (χ0v) is 10.2. The van der Waals surface area contributed by atoms with Crippen molar-refractivity contribution < 1.29 is 15.0 Å². The Bertz CT molecular complexity index is 422. The molecule has 1 aliphatic rings. The van der Waals surface area contributed by atoms with Gasteiger partial charge in [-0.2, -0.15) is 0 Å². The highest BCUT2D eigenvalue weighted by molar-refractivity contribution is 6.31. The minimum atomic E-state index is -0.968. The van der Waals surface area contributed by atoms with Crippen molar-refractivity contribution in [3.63, 3.8) is 0 Å². The number of benzene rings is 1. The number of hydrogen-bond acceptors (Lipinski definition) is 2. The van der Waals surface area contributed by atoms with Gasteiger partial charge in [-0.15, -0.1) is 0 Å². The van der Waals surface area contributed by atoms with Gasteiger partial charge in [-0.05, 0) is 31.7 Å². The zero-order chi connectivity index (χ0) is 12.5. The Hall–Kier alpha value is -1.06.